The van der Waals surface area contributed by atoms with Crippen LogP contribution in [0.4, 0.5) is 13.2 Å². The normalized spacial score (nSPS) is 22.2. The maximum atomic E-state index is 13.0. The highest BCUT2D eigenvalue weighted by atomic mass is 19.4. The van der Waals surface area contributed by atoms with Gasteiger partial charge in [-0.2, -0.15) is 13.2 Å². The topological polar surface area (TPSA) is 49.5 Å². The molecule has 24 heavy (non-hydrogen) atoms. The molecule has 0 saturated carbocycles. The Morgan fingerprint density at radius 2 is 2.08 bits per heavy atom. The summed E-state index contributed by atoms with van der Waals surface area (Å²) in [7, 11) is 0. The first-order valence-electron chi connectivity index (χ1n) is 7.76. The van der Waals surface area contributed by atoms with Gasteiger partial charge in [-0.05, 0) is 38.0 Å². The van der Waals surface area contributed by atoms with E-state index in [2.05, 4.69) is 5.16 Å². The molecule has 1 N–H and O–H groups in total. The number of halogens is 3. The van der Waals surface area contributed by atoms with Crippen LogP contribution in [0.1, 0.15) is 40.6 Å². The maximum Gasteiger partial charge on any atom is 0.416 e. The van der Waals surface area contributed by atoms with Gasteiger partial charge in [-0.1, -0.05) is 17.3 Å². The molecule has 0 spiro atoms. The van der Waals surface area contributed by atoms with Gasteiger partial charge in [-0.25, -0.2) is 0 Å². The molecule has 3 rings (SSSR count). The predicted octanol–water partition coefficient (Wildman–Crippen LogP) is 3.62. The number of rotatable bonds is 3. The van der Waals surface area contributed by atoms with Crippen molar-refractivity contribution in [3.63, 3.8) is 0 Å². The zero-order valence-corrected chi connectivity index (χ0v) is 13.5. The van der Waals surface area contributed by atoms with Crippen LogP contribution >= 0.6 is 0 Å². The van der Waals surface area contributed by atoms with Gasteiger partial charge in [-0.15, -0.1) is 0 Å². The average molecular weight is 340 g/mol. The summed E-state index contributed by atoms with van der Waals surface area (Å²) >= 11 is 0. The fourth-order valence-corrected chi connectivity index (χ4v) is 3.25. The highest BCUT2D eigenvalue weighted by molar-refractivity contribution is 5.29. The molecule has 2 atom stereocenters. The van der Waals surface area contributed by atoms with Gasteiger partial charge in [0.2, 0.25) is 0 Å². The van der Waals surface area contributed by atoms with Crippen molar-refractivity contribution in [2.75, 3.05) is 6.54 Å². The number of hydrogen-bond acceptors (Lipinski definition) is 4. The van der Waals surface area contributed by atoms with Crippen molar-refractivity contribution < 1.29 is 22.8 Å². The second-order valence-corrected chi connectivity index (χ2v) is 6.26. The molecule has 0 bridgehead atoms. The van der Waals surface area contributed by atoms with Crippen LogP contribution in [0.3, 0.4) is 0 Å². The van der Waals surface area contributed by atoms with Crippen LogP contribution in [0.5, 0.6) is 0 Å². The number of aryl methyl sites for hydroxylation is 2. The van der Waals surface area contributed by atoms with Gasteiger partial charge in [0.05, 0.1) is 17.4 Å². The molecule has 7 heteroatoms. The van der Waals surface area contributed by atoms with Crippen LogP contribution in [0.2, 0.25) is 0 Å². The lowest BCUT2D eigenvalue weighted by atomic mass is 10.0. The lowest BCUT2D eigenvalue weighted by Gasteiger charge is -2.25. The second kappa shape index (κ2) is 6.22. The molecule has 1 aliphatic rings. The summed E-state index contributed by atoms with van der Waals surface area (Å²) in [6.07, 6.45) is -4.53. The van der Waals surface area contributed by atoms with E-state index >= 15 is 0 Å². The third-order valence-electron chi connectivity index (χ3n) is 4.52. The molecule has 0 amide bonds. The van der Waals surface area contributed by atoms with Crippen LogP contribution in [0.15, 0.2) is 28.8 Å². The molecule has 1 aromatic heterocycles. The quantitative estimate of drug-likeness (QED) is 0.927. The zero-order valence-electron chi connectivity index (χ0n) is 13.5. The summed E-state index contributed by atoms with van der Waals surface area (Å²) in [4.78, 5) is 1.98. The number of likely N-dealkylation sites (tertiary alicyclic amines) is 1. The van der Waals surface area contributed by atoms with Crippen molar-refractivity contribution >= 4 is 0 Å². The van der Waals surface area contributed by atoms with Crippen LogP contribution in [-0.2, 0) is 12.7 Å². The fourth-order valence-electron chi connectivity index (χ4n) is 3.25. The molecule has 1 fully saturated rings. The fraction of sp³-hybridized carbons (Fsp3) is 0.471. The van der Waals surface area contributed by atoms with Crippen molar-refractivity contribution in [1.82, 2.24) is 10.1 Å². The Labute approximate surface area is 137 Å². The monoisotopic (exact) mass is 340 g/mol. The molecule has 0 radical (unpaired) electrons. The summed E-state index contributed by atoms with van der Waals surface area (Å²) < 4.78 is 44.0. The summed E-state index contributed by atoms with van der Waals surface area (Å²) in [6.45, 7) is 4.53. The van der Waals surface area contributed by atoms with E-state index in [1.807, 2.05) is 11.8 Å². The highest BCUT2D eigenvalue weighted by Gasteiger charge is 2.35. The van der Waals surface area contributed by atoms with E-state index in [1.165, 1.54) is 12.1 Å². The standard InChI is InChI=1S/C17H19F3N2O2/c1-10-15(11(2)24-21-10)9-22-8-14(23)7-16(22)12-4-3-5-13(6-12)17(18,19)20/h3-6,14,16,23H,7-9H2,1-2H3/t14-,16+/m0/s1. The number of nitrogens with zero attached hydrogens (tertiary/aromatic N) is 2. The van der Waals surface area contributed by atoms with Crippen molar-refractivity contribution in [2.24, 2.45) is 0 Å². The average Bonchev–Trinajstić information content (AvgIpc) is 3.04. The van der Waals surface area contributed by atoms with Crippen molar-refractivity contribution in [1.29, 1.82) is 0 Å². The smallest absolute Gasteiger partial charge is 0.392 e. The lowest BCUT2D eigenvalue weighted by Crippen LogP contribution is -2.25. The van der Waals surface area contributed by atoms with E-state index in [9.17, 15) is 18.3 Å². The van der Waals surface area contributed by atoms with Gasteiger partial charge in [0.15, 0.2) is 0 Å². The van der Waals surface area contributed by atoms with Crippen molar-refractivity contribution in [3.05, 3.63) is 52.4 Å². The molecule has 1 aromatic carbocycles. The Bertz CT molecular complexity index is 707. The SMILES string of the molecule is Cc1noc(C)c1CN1C[C@@H](O)C[C@@H]1c1cccc(C(F)(F)F)c1. The number of alkyl halides is 3. The number of hydrogen-bond donors (Lipinski definition) is 1. The molecule has 130 valence electrons. The minimum atomic E-state index is -4.38. The summed E-state index contributed by atoms with van der Waals surface area (Å²) in [5.41, 5.74) is 1.57. The van der Waals surface area contributed by atoms with Crippen LogP contribution < -0.4 is 0 Å². The molecule has 1 saturated heterocycles. The second-order valence-electron chi connectivity index (χ2n) is 6.26. The van der Waals surface area contributed by atoms with Gasteiger partial charge in [-0.3, -0.25) is 4.90 Å². The number of β-amino-alcohol motifs (C(OH)–C–C–N with tert-alkyl or cyclic N) is 1. The molecule has 1 aliphatic heterocycles. The number of aliphatic hydroxyl groups excluding tert-OH is 1. The minimum absolute atomic E-state index is 0.268. The number of aromatic nitrogens is 1. The van der Waals surface area contributed by atoms with Gasteiger partial charge in [0, 0.05) is 24.7 Å². The number of benzene rings is 1. The molecular formula is C17H19F3N2O2. The van der Waals surface area contributed by atoms with Crippen LogP contribution in [0.25, 0.3) is 0 Å². The molecule has 0 aliphatic carbocycles. The maximum absolute atomic E-state index is 13.0. The van der Waals surface area contributed by atoms with Gasteiger partial charge in [0.25, 0.3) is 0 Å². The first-order valence-corrected chi connectivity index (χ1v) is 7.76. The van der Waals surface area contributed by atoms with E-state index in [1.54, 1.807) is 13.0 Å². The molecular weight excluding hydrogens is 321 g/mol. The van der Waals surface area contributed by atoms with Gasteiger partial charge in [0.1, 0.15) is 5.76 Å². The summed E-state index contributed by atoms with van der Waals surface area (Å²) in [5.74, 6) is 0.691. The van der Waals surface area contributed by atoms with Crippen molar-refractivity contribution in [2.45, 2.75) is 45.1 Å². The molecule has 2 aromatic rings. The van der Waals surface area contributed by atoms with E-state index in [-0.39, 0.29) is 6.04 Å². The van der Waals surface area contributed by atoms with Crippen LogP contribution in [-0.4, -0.2) is 27.8 Å². The first kappa shape index (κ1) is 17.0. The van der Waals surface area contributed by atoms with Gasteiger partial charge < -0.3 is 9.63 Å². The number of aliphatic hydroxyl groups is 1. The third-order valence-corrected chi connectivity index (χ3v) is 4.52. The Kier molecular flexibility index (Phi) is 4.40. The minimum Gasteiger partial charge on any atom is -0.392 e. The van der Waals surface area contributed by atoms with E-state index in [4.69, 9.17) is 4.52 Å². The van der Waals surface area contributed by atoms with E-state index in [0.717, 1.165) is 17.3 Å². The molecule has 4 nitrogen and oxygen atoms in total. The van der Waals surface area contributed by atoms with E-state index < -0.39 is 17.8 Å². The molecule has 2 heterocycles. The molecule has 0 unspecified atom stereocenters. The first-order chi connectivity index (χ1) is 11.3. The van der Waals surface area contributed by atoms with Gasteiger partial charge >= 0.3 is 6.18 Å². The third kappa shape index (κ3) is 3.32. The highest BCUT2D eigenvalue weighted by Crippen LogP contribution is 2.37. The zero-order chi connectivity index (χ0) is 17.5. The predicted molar refractivity (Wildman–Crippen MR) is 81.2 cm³/mol. The Hall–Kier alpha value is -1.86. The summed E-state index contributed by atoms with van der Waals surface area (Å²) in [6, 6.07) is 5.06. The Morgan fingerprint density at radius 1 is 1.33 bits per heavy atom. The van der Waals surface area contributed by atoms with Crippen LogP contribution in [0, 0.1) is 13.8 Å². The lowest BCUT2D eigenvalue weighted by molar-refractivity contribution is -0.137. The Morgan fingerprint density at radius 3 is 2.71 bits per heavy atom. The Balaban J connectivity index is 1.88. The van der Waals surface area contributed by atoms with E-state index in [0.29, 0.717) is 30.8 Å². The van der Waals surface area contributed by atoms with Crippen molar-refractivity contribution in [3.8, 4) is 0 Å². The largest absolute Gasteiger partial charge is 0.416 e. The summed E-state index contributed by atoms with van der Waals surface area (Å²) in [5, 5.41) is 13.9.